The summed E-state index contributed by atoms with van der Waals surface area (Å²) in [5.74, 6) is -1.72. The highest BCUT2D eigenvalue weighted by molar-refractivity contribution is 5.73. The third-order valence-corrected chi connectivity index (χ3v) is 15.3. The van der Waals surface area contributed by atoms with Crippen molar-refractivity contribution in [2.24, 2.45) is 0 Å². The van der Waals surface area contributed by atoms with E-state index in [1.165, 1.54) is 0 Å². The van der Waals surface area contributed by atoms with E-state index in [0.717, 1.165) is 13.8 Å². The van der Waals surface area contributed by atoms with Crippen LogP contribution in [0.5, 0.6) is 0 Å². The van der Waals surface area contributed by atoms with Gasteiger partial charge in [0.25, 0.3) is 0 Å². The summed E-state index contributed by atoms with van der Waals surface area (Å²) in [6.07, 6.45) is -64.3. The molecule has 0 radical (unpaired) electrons. The molecule has 38 heteroatoms. The number of hydrogen-bond acceptors (Lipinski definition) is 36. The number of hydrogen-bond donors (Lipinski definition) is 23. The summed E-state index contributed by atoms with van der Waals surface area (Å²) < 4.78 is 74.5. The van der Waals surface area contributed by atoms with Gasteiger partial charge in [0.05, 0.1) is 46.2 Å². The van der Waals surface area contributed by atoms with Gasteiger partial charge in [-0.05, 0) is 0 Å². The number of aliphatic hydroxyl groups excluding tert-OH is 21. The van der Waals surface area contributed by atoms with Crippen LogP contribution >= 0.6 is 0 Å². The zero-order valence-corrected chi connectivity index (χ0v) is 44.7. The minimum Gasteiger partial charge on any atom is -0.394 e. The molecule has 0 aromatic carbocycles. The van der Waals surface area contributed by atoms with E-state index in [1.807, 2.05) is 0 Å². The van der Waals surface area contributed by atoms with E-state index in [9.17, 15) is 117 Å². The van der Waals surface area contributed by atoms with Crippen molar-refractivity contribution in [3.05, 3.63) is 0 Å². The first-order valence-corrected chi connectivity index (χ1v) is 26.6. The minimum absolute atomic E-state index is 0.851. The molecule has 0 bridgehead atoms. The fraction of sp³-hybridized carbons (Fsp3) is 0.957. The standard InChI is InChI=1S/C46H78N2O36/c1-10(55)47-19-26(62)35(80-43-32(68)28(64)21(57)12(3-49)74-43)16(7-53)78-41(19)83-38-30(66)23(59)14(5-51)76-45(38)72-9-18-25(61)37(34(70)40(71)73-18)82-46-39(31(67)24(60)15(6-52)77-46)84-42-20(48-11(2)56)27(63)36(17(8-54)79-42)81-44-33(69)29(65)22(58)13(4-50)75-44/h12-46,49-54,57-71H,3-9H2,1-2H3,(H,47,55)(H,48,56)/t12-,13-,14-,15-,16-,17-,18-,19-,20-,21+,22+,23-,24-,25-,26-,27-,28+,29+,30+,31+,32-,33-,34+,35-,36-,37+,38+,39+,40-,41+,42+,43+,44+,45+,46-/m1/s1. The van der Waals surface area contributed by atoms with Crippen LogP contribution in [0, 0.1) is 0 Å². The molecular formula is C46H78N2O36. The molecule has 23 N–H and O–H groups in total. The summed E-state index contributed by atoms with van der Waals surface area (Å²) in [5.41, 5.74) is 0. The lowest BCUT2D eigenvalue weighted by molar-refractivity contribution is -0.390. The molecule has 488 valence electrons. The molecule has 0 unspecified atom stereocenters. The Labute approximate surface area is 475 Å². The molecule has 7 aliphatic rings. The van der Waals surface area contributed by atoms with E-state index in [1.54, 1.807) is 0 Å². The van der Waals surface area contributed by atoms with Crippen molar-refractivity contribution in [3.8, 4) is 0 Å². The molecular weight excluding hydrogens is 1160 g/mol. The summed E-state index contributed by atoms with van der Waals surface area (Å²) in [6.45, 7) is -4.85. The van der Waals surface area contributed by atoms with Crippen molar-refractivity contribution in [1.82, 2.24) is 10.6 Å². The second-order valence-corrected chi connectivity index (χ2v) is 21.1. The zero-order chi connectivity index (χ0) is 61.9. The Morgan fingerprint density at radius 2 is 0.631 bits per heavy atom. The summed E-state index contributed by atoms with van der Waals surface area (Å²) in [5, 5.41) is 230. The molecule has 7 heterocycles. The van der Waals surface area contributed by atoms with Gasteiger partial charge >= 0.3 is 0 Å². The number of carbonyl (C=O) groups is 2. The first-order valence-electron chi connectivity index (χ1n) is 26.6. The van der Waals surface area contributed by atoms with Gasteiger partial charge in [0, 0.05) is 13.8 Å². The maximum atomic E-state index is 12.6. The molecule has 38 nitrogen and oxygen atoms in total. The number of amides is 2. The number of ether oxygens (including phenoxy) is 13. The maximum Gasteiger partial charge on any atom is 0.217 e. The van der Waals surface area contributed by atoms with Crippen LogP contribution in [0.25, 0.3) is 0 Å². The van der Waals surface area contributed by atoms with Crippen molar-refractivity contribution in [2.45, 2.75) is 229 Å². The summed E-state index contributed by atoms with van der Waals surface area (Å²) >= 11 is 0. The van der Waals surface area contributed by atoms with E-state index in [2.05, 4.69) is 10.6 Å². The summed E-state index contributed by atoms with van der Waals surface area (Å²) in [6, 6.07) is -3.57. The molecule has 35 atom stereocenters. The van der Waals surface area contributed by atoms with Crippen LogP contribution in [0.4, 0.5) is 0 Å². The average Bonchev–Trinajstić information content (AvgIpc) is 1.75. The predicted molar refractivity (Wildman–Crippen MR) is 255 cm³/mol. The van der Waals surface area contributed by atoms with Crippen LogP contribution < -0.4 is 10.6 Å². The Hall–Kier alpha value is -2.42. The molecule has 7 fully saturated rings. The topological polar surface area (TPSA) is 603 Å². The number of carbonyl (C=O) groups excluding carboxylic acids is 2. The van der Waals surface area contributed by atoms with Gasteiger partial charge in [0.2, 0.25) is 11.8 Å². The van der Waals surface area contributed by atoms with Crippen molar-refractivity contribution < 1.29 is 178 Å². The normalized spacial score (nSPS) is 50.3. The van der Waals surface area contributed by atoms with E-state index in [4.69, 9.17) is 61.6 Å². The van der Waals surface area contributed by atoms with Crippen LogP contribution in [0.3, 0.4) is 0 Å². The van der Waals surface area contributed by atoms with Crippen molar-refractivity contribution >= 4 is 11.8 Å². The molecule has 84 heavy (non-hydrogen) atoms. The number of rotatable bonds is 21. The van der Waals surface area contributed by atoms with Crippen LogP contribution in [0.1, 0.15) is 13.8 Å². The molecule has 0 saturated carbocycles. The molecule has 0 aromatic rings. The molecule has 0 aromatic heterocycles. The highest BCUT2D eigenvalue weighted by Gasteiger charge is 2.58. The van der Waals surface area contributed by atoms with Crippen molar-refractivity contribution in [3.63, 3.8) is 0 Å². The van der Waals surface area contributed by atoms with Crippen LogP contribution in [-0.4, -0.2) is 380 Å². The Balaban J connectivity index is 1.09. The smallest absolute Gasteiger partial charge is 0.217 e. The van der Waals surface area contributed by atoms with Gasteiger partial charge < -0.3 is 179 Å². The Kier molecular flexibility index (Phi) is 24.6. The molecule has 7 rings (SSSR count). The van der Waals surface area contributed by atoms with Crippen molar-refractivity contribution in [1.29, 1.82) is 0 Å². The van der Waals surface area contributed by atoms with E-state index in [-0.39, 0.29) is 0 Å². The minimum atomic E-state index is -2.31. The van der Waals surface area contributed by atoms with Gasteiger partial charge in [0.1, 0.15) is 171 Å². The lowest BCUT2D eigenvalue weighted by Gasteiger charge is -2.50. The fourth-order valence-corrected chi connectivity index (χ4v) is 10.7. The monoisotopic (exact) mass is 1230 g/mol. The van der Waals surface area contributed by atoms with Gasteiger partial charge in [-0.3, -0.25) is 9.59 Å². The second kappa shape index (κ2) is 29.9. The maximum absolute atomic E-state index is 12.6. The van der Waals surface area contributed by atoms with Crippen LogP contribution in [0.15, 0.2) is 0 Å². The van der Waals surface area contributed by atoms with Crippen LogP contribution in [0.2, 0.25) is 0 Å². The van der Waals surface area contributed by atoms with Gasteiger partial charge in [-0.2, -0.15) is 0 Å². The molecule has 7 aliphatic heterocycles. The zero-order valence-electron chi connectivity index (χ0n) is 44.7. The third kappa shape index (κ3) is 14.7. The molecule has 2 amide bonds. The van der Waals surface area contributed by atoms with Crippen LogP contribution in [-0.2, 0) is 71.2 Å². The fourth-order valence-electron chi connectivity index (χ4n) is 10.7. The third-order valence-electron chi connectivity index (χ3n) is 15.3. The highest BCUT2D eigenvalue weighted by atomic mass is 16.8. The first kappa shape index (κ1) is 69.1. The van der Waals surface area contributed by atoms with E-state index in [0.29, 0.717) is 0 Å². The SMILES string of the molecule is CC(=O)N[C@H]1[C@H](O[C@@H]2[C@@H](OC[C@H]3O[C@@H](O)[C@@H](O)[C@@H](O[C@H]4O[C@H](CO)[C@@H](O)[C@H](O)[C@@H]4O[C@@H]4O[C@H](CO)[C@@H](O[C@@H]5O[C@H](CO)[C@H](O)[C@H](O)[C@H]5O)[C@H](O)[C@H]4NC(C)=O)[C@@H]3O)O[C@H](CO)[C@@H](O)[C@@H]2O)O[C@H](CO)[C@@H](O[C@@H]2O[C@H](CO)[C@H](O)[C@H](O)[C@H]2O)[C@@H]1O. The Morgan fingerprint density at radius 1 is 0.310 bits per heavy atom. The predicted octanol–water partition coefficient (Wildman–Crippen LogP) is -16.0. The lowest BCUT2D eigenvalue weighted by Crippen LogP contribution is -2.70. The van der Waals surface area contributed by atoms with E-state index < -0.39 is 273 Å². The van der Waals surface area contributed by atoms with Crippen molar-refractivity contribution in [2.75, 3.05) is 46.2 Å². The molecule has 7 saturated heterocycles. The first-order chi connectivity index (χ1) is 39.7. The lowest BCUT2D eigenvalue weighted by atomic mass is 9.94. The highest BCUT2D eigenvalue weighted by Crippen LogP contribution is 2.37. The number of aliphatic hydroxyl groups is 21. The quantitative estimate of drug-likeness (QED) is 0.0507. The largest absolute Gasteiger partial charge is 0.394 e. The summed E-state index contributed by atoms with van der Waals surface area (Å²) in [7, 11) is 0. The molecule has 0 spiro atoms. The van der Waals surface area contributed by atoms with Gasteiger partial charge in [-0.15, -0.1) is 0 Å². The molecule has 0 aliphatic carbocycles. The Morgan fingerprint density at radius 3 is 1.01 bits per heavy atom. The van der Waals surface area contributed by atoms with Gasteiger partial charge in [0.15, 0.2) is 44.0 Å². The summed E-state index contributed by atoms with van der Waals surface area (Å²) in [4.78, 5) is 25.1. The van der Waals surface area contributed by atoms with E-state index >= 15 is 0 Å². The average molecular weight is 1240 g/mol. The van der Waals surface area contributed by atoms with Gasteiger partial charge in [-0.1, -0.05) is 0 Å². The number of nitrogens with one attached hydrogen (secondary N) is 2. The Bertz CT molecular complexity index is 2060. The second-order valence-electron chi connectivity index (χ2n) is 21.1. The van der Waals surface area contributed by atoms with Gasteiger partial charge in [-0.25, -0.2) is 0 Å².